The minimum Gasteiger partial charge on any atom is -0.406 e. The zero-order chi connectivity index (χ0) is 14.4. The number of hydrogen-bond donors (Lipinski definition) is 1. The van der Waals surface area contributed by atoms with Gasteiger partial charge in [-0.1, -0.05) is 30.3 Å². The quantitative estimate of drug-likeness (QED) is 0.677. The predicted octanol–water partition coefficient (Wildman–Crippen LogP) is 4.03. The SMILES string of the molecule is FC(F)(F)Oc1cccc(C=NNc2ccccc2)c1. The molecule has 2 rings (SSSR count). The largest absolute Gasteiger partial charge is 0.573 e. The van der Waals surface area contributed by atoms with E-state index in [4.69, 9.17) is 0 Å². The van der Waals surface area contributed by atoms with E-state index in [2.05, 4.69) is 15.3 Å². The Balaban J connectivity index is 2.01. The zero-order valence-corrected chi connectivity index (χ0v) is 10.3. The Morgan fingerprint density at radius 3 is 2.45 bits per heavy atom. The Labute approximate surface area is 113 Å². The number of hydrazone groups is 1. The first-order valence-corrected chi connectivity index (χ1v) is 5.73. The van der Waals surface area contributed by atoms with Crippen molar-refractivity contribution in [2.45, 2.75) is 6.36 Å². The highest BCUT2D eigenvalue weighted by Crippen LogP contribution is 2.22. The molecule has 1 N–H and O–H groups in total. The average Bonchev–Trinajstić information content (AvgIpc) is 2.38. The minimum absolute atomic E-state index is 0.277. The van der Waals surface area contributed by atoms with Gasteiger partial charge in [-0.25, -0.2) is 0 Å². The maximum atomic E-state index is 12.1. The average molecular weight is 280 g/mol. The van der Waals surface area contributed by atoms with Crippen molar-refractivity contribution in [2.75, 3.05) is 5.43 Å². The fourth-order valence-electron chi connectivity index (χ4n) is 1.49. The molecule has 0 radical (unpaired) electrons. The van der Waals surface area contributed by atoms with Crippen LogP contribution in [-0.4, -0.2) is 12.6 Å². The summed E-state index contributed by atoms with van der Waals surface area (Å²) in [6.45, 7) is 0. The van der Waals surface area contributed by atoms with Crippen LogP contribution < -0.4 is 10.2 Å². The molecule has 0 atom stereocenters. The van der Waals surface area contributed by atoms with Crippen LogP contribution in [0.1, 0.15) is 5.56 Å². The van der Waals surface area contributed by atoms with Crippen molar-refractivity contribution in [2.24, 2.45) is 5.10 Å². The van der Waals surface area contributed by atoms with Gasteiger partial charge in [0.25, 0.3) is 0 Å². The molecule has 0 heterocycles. The number of nitrogens with zero attached hydrogens (tertiary/aromatic N) is 1. The van der Waals surface area contributed by atoms with Crippen molar-refractivity contribution < 1.29 is 17.9 Å². The number of alkyl halides is 3. The van der Waals surface area contributed by atoms with Crippen molar-refractivity contribution in [1.82, 2.24) is 0 Å². The highest BCUT2D eigenvalue weighted by Gasteiger charge is 2.30. The first-order chi connectivity index (χ1) is 9.53. The minimum atomic E-state index is -4.70. The van der Waals surface area contributed by atoms with Crippen LogP contribution in [0.4, 0.5) is 18.9 Å². The van der Waals surface area contributed by atoms with Gasteiger partial charge >= 0.3 is 6.36 Å². The number of hydrogen-bond acceptors (Lipinski definition) is 3. The molecule has 20 heavy (non-hydrogen) atoms. The van der Waals surface area contributed by atoms with E-state index in [0.717, 1.165) is 5.69 Å². The van der Waals surface area contributed by atoms with Crippen molar-refractivity contribution in [3.05, 3.63) is 60.2 Å². The second-order valence-electron chi connectivity index (χ2n) is 3.86. The van der Waals surface area contributed by atoms with Gasteiger partial charge in [-0.3, -0.25) is 5.43 Å². The lowest BCUT2D eigenvalue weighted by Gasteiger charge is -2.08. The summed E-state index contributed by atoms with van der Waals surface area (Å²) in [5.74, 6) is -0.277. The number of benzene rings is 2. The third-order valence-electron chi connectivity index (χ3n) is 2.27. The summed E-state index contributed by atoms with van der Waals surface area (Å²) >= 11 is 0. The molecule has 0 aliphatic rings. The van der Waals surface area contributed by atoms with Gasteiger partial charge in [-0.15, -0.1) is 13.2 Å². The molecule has 2 aromatic carbocycles. The van der Waals surface area contributed by atoms with Gasteiger partial charge in [0.15, 0.2) is 0 Å². The molecule has 0 unspecified atom stereocenters. The van der Waals surface area contributed by atoms with Crippen LogP contribution in [0.15, 0.2) is 59.7 Å². The maximum Gasteiger partial charge on any atom is 0.573 e. The maximum absolute atomic E-state index is 12.1. The first kappa shape index (κ1) is 13.9. The number of para-hydroxylation sites is 1. The Morgan fingerprint density at radius 2 is 1.75 bits per heavy atom. The van der Waals surface area contributed by atoms with E-state index in [-0.39, 0.29) is 5.75 Å². The Kier molecular flexibility index (Phi) is 4.24. The number of nitrogens with one attached hydrogen (secondary N) is 1. The molecule has 0 amide bonds. The molecule has 0 fully saturated rings. The Hall–Kier alpha value is -2.50. The van der Waals surface area contributed by atoms with Crippen molar-refractivity contribution in [1.29, 1.82) is 0 Å². The van der Waals surface area contributed by atoms with E-state index in [1.807, 2.05) is 30.3 Å². The highest BCUT2D eigenvalue weighted by molar-refractivity contribution is 5.80. The molecule has 0 saturated heterocycles. The monoisotopic (exact) mass is 280 g/mol. The Morgan fingerprint density at radius 1 is 1.00 bits per heavy atom. The second-order valence-corrected chi connectivity index (χ2v) is 3.86. The molecule has 0 bridgehead atoms. The fraction of sp³-hybridized carbons (Fsp3) is 0.0714. The lowest BCUT2D eigenvalue weighted by atomic mass is 10.2. The van der Waals surface area contributed by atoms with Crippen LogP contribution in [-0.2, 0) is 0 Å². The number of halogens is 3. The molecule has 0 spiro atoms. The van der Waals surface area contributed by atoms with E-state index < -0.39 is 6.36 Å². The van der Waals surface area contributed by atoms with Gasteiger partial charge in [-0.05, 0) is 29.8 Å². The predicted molar refractivity (Wildman–Crippen MR) is 70.8 cm³/mol. The molecule has 0 aliphatic carbocycles. The standard InChI is InChI=1S/C14H11F3N2O/c15-14(16,17)20-13-8-4-5-11(9-13)10-18-19-12-6-2-1-3-7-12/h1-10,19H. The summed E-state index contributed by atoms with van der Waals surface area (Å²) in [4.78, 5) is 0. The number of ether oxygens (including phenoxy) is 1. The van der Waals surface area contributed by atoms with Crippen LogP contribution in [0.2, 0.25) is 0 Å². The summed E-state index contributed by atoms with van der Waals surface area (Å²) in [6.07, 6.45) is -3.28. The van der Waals surface area contributed by atoms with Crippen LogP contribution >= 0.6 is 0 Å². The topological polar surface area (TPSA) is 33.6 Å². The smallest absolute Gasteiger partial charge is 0.406 e. The zero-order valence-electron chi connectivity index (χ0n) is 10.3. The van der Waals surface area contributed by atoms with Crippen molar-refractivity contribution in [3.8, 4) is 5.75 Å². The van der Waals surface area contributed by atoms with Gasteiger partial charge in [-0.2, -0.15) is 5.10 Å². The summed E-state index contributed by atoms with van der Waals surface area (Å²) in [5, 5.41) is 3.94. The van der Waals surface area contributed by atoms with Gasteiger partial charge in [0, 0.05) is 0 Å². The molecular formula is C14H11F3N2O. The summed E-state index contributed by atoms with van der Waals surface area (Å²) < 4.78 is 40.1. The highest BCUT2D eigenvalue weighted by atomic mass is 19.4. The normalized spacial score (nSPS) is 11.6. The molecule has 6 heteroatoms. The molecule has 0 aliphatic heterocycles. The summed E-state index contributed by atoms with van der Waals surface area (Å²) in [5.41, 5.74) is 4.05. The fourth-order valence-corrected chi connectivity index (χ4v) is 1.49. The van der Waals surface area contributed by atoms with Gasteiger partial charge in [0.2, 0.25) is 0 Å². The van der Waals surface area contributed by atoms with E-state index in [1.54, 1.807) is 6.07 Å². The number of rotatable bonds is 4. The molecule has 0 saturated carbocycles. The van der Waals surface area contributed by atoms with E-state index in [0.29, 0.717) is 5.56 Å². The second kappa shape index (κ2) is 6.10. The van der Waals surface area contributed by atoms with Gasteiger partial charge < -0.3 is 4.74 Å². The third-order valence-corrected chi connectivity index (χ3v) is 2.27. The van der Waals surface area contributed by atoms with E-state index in [1.165, 1.54) is 24.4 Å². The third kappa shape index (κ3) is 4.64. The van der Waals surface area contributed by atoms with Crippen molar-refractivity contribution >= 4 is 11.9 Å². The van der Waals surface area contributed by atoms with Crippen LogP contribution in [0, 0.1) is 0 Å². The van der Waals surface area contributed by atoms with E-state index >= 15 is 0 Å². The molecule has 104 valence electrons. The Bertz CT molecular complexity index is 582. The molecule has 3 nitrogen and oxygen atoms in total. The van der Waals surface area contributed by atoms with Crippen LogP contribution in [0.5, 0.6) is 5.75 Å². The number of anilines is 1. The van der Waals surface area contributed by atoms with Crippen LogP contribution in [0.25, 0.3) is 0 Å². The summed E-state index contributed by atoms with van der Waals surface area (Å²) in [7, 11) is 0. The lowest BCUT2D eigenvalue weighted by Crippen LogP contribution is -2.17. The first-order valence-electron chi connectivity index (χ1n) is 5.73. The van der Waals surface area contributed by atoms with Crippen molar-refractivity contribution in [3.63, 3.8) is 0 Å². The van der Waals surface area contributed by atoms with Gasteiger partial charge in [0.1, 0.15) is 5.75 Å². The summed E-state index contributed by atoms with van der Waals surface area (Å²) in [6, 6.07) is 14.8. The molecular weight excluding hydrogens is 269 g/mol. The van der Waals surface area contributed by atoms with E-state index in [9.17, 15) is 13.2 Å². The van der Waals surface area contributed by atoms with Gasteiger partial charge in [0.05, 0.1) is 11.9 Å². The molecule has 2 aromatic rings. The molecule has 0 aromatic heterocycles. The van der Waals surface area contributed by atoms with Crippen LogP contribution in [0.3, 0.4) is 0 Å². The lowest BCUT2D eigenvalue weighted by molar-refractivity contribution is -0.274.